The van der Waals surface area contributed by atoms with Crippen molar-refractivity contribution in [3.05, 3.63) is 35.9 Å². The standard InChI is InChI=1S/C19H29NO3/c1-5-6-8-13-16(14-21)17(15-11-9-7-10-12-15)20-18(22)23-19(2,3)4/h7,9-12,14,16-17H,5-6,8,13H2,1-4H3,(H,20,22)/t16-,17-/m1/s1. The van der Waals surface area contributed by atoms with Crippen LogP contribution in [0.2, 0.25) is 0 Å². The quantitative estimate of drug-likeness (QED) is 0.560. The normalized spacial score (nSPS) is 13.9. The highest BCUT2D eigenvalue weighted by Gasteiger charge is 2.26. The van der Waals surface area contributed by atoms with E-state index in [1.807, 2.05) is 51.1 Å². The van der Waals surface area contributed by atoms with Crippen LogP contribution in [0.25, 0.3) is 0 Å². The molecule has 0 aliphatic rings. The highest BCUT2D eigenvalue weighted by atomic mass is 16.6. The molecule has 128 valence electrons. The number of aldehydes is 1. The second kappa shape index (κ2) is 9.33. The third-order valence-corrected chi connectivity index (χ3v) is 3.57. The first-order valence-electron chi connectivity index (χ1n) is 8.37. The fourth-order valence-corrected chi connectivity index (χ4v) is 2.48. The summed E-state index contributed by atoms with van der Waals surface area (Å²) in [4.78, 5) is 23.7. The van der Waals surface area contributed by atoms with E-state index in [0.717, 1.165) is 37.5 Å². The Balaban J connectivity index is 2.88. The van der Waals surface area contributed by atoms with E-state index in [9.17, 15) is 9.59 Å². The van der Waals surface area contributed by atoms with Gasteiger partial charge in [0, 0.05) is 5.92 Å². The molecule has 0 aliphatic heterocycles. The molecular formula is C19H29NO3. The highest BCUT2D eigenvalue weighted by Crippen LogP contribution is 2.26. The number of hydrogen-bond acceptors (Lipinski definition) is 3. The van der Waals surface area contributed by atoms with Crippen molar-refractivity contribution in [3.63, 3.8) is 0 Å². The summed E-state index contributed by atoms with van der Waals surface area (Å²) in [6.07, 6.45) is 4.37. The van der Waals surface area contributed by atoms with Gasteiger partial charge in [-0.05, 0) is 32.8 Å². The highest BCUT2D eigenvalue weighted by molar-refractivity contribution is 5.69. The van der Waals surface area contributed by atoms with Crippen LogP contribution >= 0.6 is 0 Å². The van der Waals surface area contributed by atoms with Gasteiger partial charge in [0.15, 0.2) is 0 Å². The summed E-state index contributed by atoms with van der Waals surface area (Å²) in [5, 5.41) is 2.88. The lowest BCUT2D eigenvalue weighted by Crippen LogP contribution is -2.38. The molecule has 1 aromatic rings. The average Bonchev–Trinajstić information content (AvgIpc) is 2.49. The molecule has 0 unspecified atom stereocenters. The summed E-state index contributed by atoms with van der Waals surface area (Å²) in [5.41, 5.74) is 0.358. The number of hydrogen-bond donors (Lipinski definition) is 1. The van der Waals surface area contributed by atoms with Gasteiger partial charge in [-0.25, -0.2) is 4.79 Å². The van der Waals surface area contributed by atoms with Gasteiger partial charge in [-0.15, -0.1) is 0 Å². The predicted molar refractivity (Wildman–Crippen MR) is 92.2 cm³/mol. The van der Waals surface area contributed by atoms with E-state index in [0.29, 0.717) is 0 Å². The zero-order valence-corrected chi connectivity index (χ0v) is 14.7. The van der Waals surface area contributed by atoms with Crippen LogP contribution in [0.1, 0.15) is 65.0 Å². The molecule has 2 atom stereocenters. The molecule has 0 aliphatic carbocycles. The van der Waals surface area contributed by atoms with Crippen LogP contribution in [0.5, 0.6) is 0 Å². The number of unbranched alkanes of at least 4 members (excludes halogenated alkanes) is 2. The maximum absolute atomic E-state index is 12.1. The van der Waals surface area contributed by atoms with Crippen LogP contribution in [0.3, 0.4) is 0 Å². The Morgan fingerprint density at radius 3 is 2.39 bits per heavy atom. The molecule has 1 N–H and O–H groups in total. The van der Waals surface area contributed by atoms with E-state index >= 15 is 0 Å². The SMILES string of the molecule is CCCCC[C@H](C=O)[C@H](NC(=O)OC(C)(C)C)c1ccccc1. The first-order valence-corrected chi connectivity index (χ1v) is 8.37. The van der Waals surface area contributed by atoms with Gasteiger partial charge in [0.2, 0.25) is 0 Å². The lowest BCUT2D eigenvalue weighted by atomic mass is 9.89. The third kappa shape index (κ3) is 7.31. The molecular weight excluding hydrogens is 290 g/mol. The van der Waals surface area contributed by atoms with Crippen molar-refractivity contribution in [2.75, 3.05) is 0 Å². The number of ether oxygens (including phenoxy) is 1. The molecule has 0 radical (unpaired) electrons. The molecule has 0 saturated carbocycles. The molecule has 0 fully saturated rings. The summed E-state index contributed by atoms with van der Waals surface area (Å²) >= 11 is 0. The van der Waals surface area contributed by atoms with E-state index < -0.39 is 11.7 Å². The van der Waals surface area contributed by atoms with Crippen molar-refractivity contribution in [2.45, 2.75) is 65.0 Å². The number of amides is 1. The van der Waals surface area contributed by atoms with Crippen molar-refractivity contribution in [3.8, 4) is 0 Å². The van der Waals surface area contributed by atoms with Crippen LogP contribution in [-0.2, 0) is 9.53 Å². The largest absolute Gasteiger partial charge is 0.444 e. The van der Waals surface area contributed by atoms with E-state index in [4.69, 9.17) is 4.74 Å². The minimum atomic E-state index is -0.565. The molecule has 0 bridgehead atoms. The van der Waals surface area contributed by atoms with Gasteiger partial charge in [0.05, 0.1) is 6.04 Å². The number of carbonyl (C=O) groups is 2. The minimum absolute atomic E-state index is 0.253. The second-order valence-corrected chi connectivity index (χ2v) is 6.83. The Bertz CT molecular complexity index is 479. The van der Waals surface area contributed by atoms with Crippen molar-refractivity contribution in [1.82, 2.24) is 5.32 Å². The van der Waals surface area contributed by atoms with Crippen LogP contribution < -0.4 is 5.32 Å². The van der Waals surface area contributed by atoms with E-state index in [2.05, 4.69) is 12.2 Å². The minimum Gasteiger partial charge on any atom is -0.444 e. The lowest BCUT2D eigenvalue weighted by Gasteiger charge is -2.27. The van der Waals surface area contributed by atoms with E-state index in [1.54, 1.807) is 0 Å². The summed E-state index contributed by atoms with van der Waals surface area (Å²) in [5.74, 6) is -0.253. The Kier molecular flexibility index (Phi) is 7.79. The van der Waals surface area contributed by atoms with Gasteiger partial charge < -0.3 is 14.8 Å². The molecule has 1 amide bonds. The van der Waals surface area contributed by atoms with Gasteiger partial charge in [0.1, 0.15) is 11.9 Å². The Morgan fingerprint density at radius 1 is 1.22 bits per heavy atom. The summed E-state index contributed by atoms with van der Waals surface area (Å²) in [6.45, 7) is 7.59. The number of nitrogens with one attached hydrogen (secondary N) is 1. The summed E-state index contributed by atoms with van der Waals surface area (Å²) in [7, 11) is 0. The van der Waals surface area contributed by atoms with Gasteiger partial charge in [-0.1, -0.05) is 56.5 Å². The van der Waals surface area contributed by atoms with Gasteiger partial charge in [0.25, 0.3) is 0 Å². The van der Waals surface area contributed by atoms with Gasteiger partial charge in [-0.2, -0.15) is 0 Å². The van der Waals surface area contributed by atoms with Crippen molar-refractivity contribution < 1.29 is 14.3 Å². The summed E-state index contributed by atoms with van der Waals surface area (Å²) in [6, 6.07) is 9.23. The number of benzene rings is 1. The lowest BCUT2D eigenvalue weighted by molar-refractivity contribution is -0.112. The second-order valence-electron chi connectivity index (χ2n) is 6.83. The molecule has 23 heavy (non-hydrogen) atoms. The third-order valence-electron chi connectivity index (χ3n) is 3.57. The maximum atomic E-state index is 12.1. The Labute approximate surface area is 139 Å². The average molecular weight is 319 g/mol. The van der Waals surface area contributed by atoms with Crippen molar-refractivity contribution in [2.24, 2.45) is 5.92 Å². The molecule has 0 heterocycles. The number of carbonyl (C=O) groups excluding carboxylic acids is 2. The molecule has 0 spiro atoms. The van der Waals surface area contributed by atoms with Crippen LogP contribution in [-0.4, -0.2) is 18.0 Å². The van der Waals surface area contributed by atoms with Crippen molar-refractivity contribution >= 4 is 12.4 Å². The molecule has 0 aromatic heterocycles. The monoisotopic (exact) mass is 319 g/mol. The van der Waals surface area contributed by atoms with Gasteiger partial charge >= 0.3 is 6.09 Å². The van der Waals surface area contributed by atoms with Gasteiger partial charge in [-0.3, -0.25) is 0 Å². The molecule has 4 nitrogen and oxygen atoms in total. The zero-order valence-electron chi connectivity index (χ0n) is 14.7. The summed E-state index contributed by atoms with van der Waals surface area (Å²) < 4.78 is 5.34. The predicted octanol–water partition coefficient (Wildman–Crippen LogP) is 4.65. The molecule has 1 rings (SSSR count). The van der Waals surface area contributed by atoms with Crippen LogP contribution in [0, 0.1) is 5.92 Å². The first kappa shape index (κ1) is 19.2. The van der Waals surface area contributed by atoms with E-state index in [1.165, 1.54) is 0 Å². The molecule has 0 saturated heterocycles. The molecule has 4 heteroatoms. The Hall–Kier alpha value is -1.84. The molecule has 1 aromatic carbocycles. The topological polar surface area (TPSA) is 55.4 Å². The van der Waals surface area contributed by atoms with E-state index in [-0.39, 0.29) is 12.0 Å². The number of rotatable bonds is 8. The Morgan fingerprint density at radius 2 is 1.87 bits per heavy atom. The first-order chi connectivity index (χ1) is 10.9. The zero-order chi connectivity index (χ0) is 17.3. The van der Waals surface area contributed by atoms with Crippen molar-refractivity contribution in [1.29, 1.82) is 0 Å². The fraction of sp³-hybridized carbons (Fsp3) is 0.579. The number of alkyl carbamates (subject to hydrolysis) is 1. The smallest absolute Gasteiger partial charge is 0.408 e. The fourth-order valence-electron chi connectivity index (χ4n) is 2.48. The maximum Gasteiger partial charge on any atom is 0.408 e. The van der Waals surface area contributed by atoms with Crippen LogP contribution in [0.4, 0.5) is 4.79 Å². The van der Waals surface area contributed by atoms with Crippen LogP contribution in [0.15, 0.2) is 30.3 Å².